The van der Waals surface area contributed by atoms with Gasteiger partial charge >= 0.3 is 5.69 Å². The molecule has 13 heavy (non-hydrogen) atoms. The molecule has 7 heteroatoms. The second-order valence-electron chi connectivity index (χ2n) is 2.07. The molecule has 0 saturated carbocycles. The number of hydrogen-bond acceptors (Lipinski definition) is 2. The van der Waals surface area contributed by atoms with E-state index in [2.05, 4.69) is 15.9 Å². The standard InChI is InChI=1S/C6HBrF3NO2/c7-2-1-3(8)4(9)5(10)6(2)11(12)13/h1H. The Bertz CT molecular complexity index is 383. The van der Waals surface area contributed by atoms with Crippen molar-refractivity contribution in [1.29, 1.82) is 0 Å². The van der Waals surface area contributed by atoms with Gasteiger partial charge in [0.2, 0.25) is 11.6 Å². The van der Waals surface area contributed by atoms with Gasteiger partial charge in [-0.25, -0.2) is 8.78 Å². The van der Waals surface area contributed by atoms with E-state index in [1.165, 1.54) is 0 Å². The number of benzene rings is 1. The van der Waals surface area contributed by atoms with E-state index in [9.17, 15) is 23.3 Å². The predicted octanol–water partition coefficient (Wildman–Crippen LogP) is 2.77. The minimum atomic E-state index is -1.85. The van der Waals surface area contributed by atoms with Crippen molar-refractivity contribution in [2.45, 2.75) is 0 Å². The molecule has 0 amide bonds. The maximum absolute atomic E-state index is 12.7. The molecule has 0 radical (unpaired) electrons. The van der Waals surface area contributed by atoms with Crippen molar-refractivity contribution >= 4 is 21.6 Å². The summed E-state index contributed by atoms with van der Waals surface area (Å²) in [6, 6.07) is 0.497. The quantitative estimate of drug-likeness (QED) is 0.335. The molecule has 0 fully saturated rings. The molecule has 0 heterocycles. The first-order valence-corrected chi connectivity index (χ1v) is 3.72. The van der Waals surface area contributed by atoms with Crippen molar-refractivity contribution in [3.8, 4) is 0 Å². The molecule has 0 aliphatic carbocycles. The van der Waals surface area contributed by atoms with Crippen LogP contribution in [-0.2, 0) is 0 Å². The van der Waals surface area contributed by atoms with Crippen LogP contribution >= 0.6 is 15.9 Å². The molecule has 0 spiro atoms. The van der Waals surface area contributed by atoms with E-state index in [0.717, 1.165) is 0 Å². The van der Waals surface area contributed by atoms with Gasteiger partial charge in [-0.05, 0) is 22.0 Å². The minimum absolute atomic E-state index is 0.436. The molecule has 0 bridgehead atoms. The molecule has 3 nitrogen and oxygen atoms in total. The lowest BCUT2D eigenvalue weighted by Crippen LogP contribution is -1.99. The number of nitrogens with zero attached hydrogens (tertiary/aromatic N) is 1. The second-order valence-corrected chi connectivity index (χ2v) is 2.93. The maximum atomic E-state index is 12.7. The lowest BCUT2D eigenvalue weighted by atomic mass is 10.3. The van der Waals surface area contributed by atoms with Gasteiger partial charge in [-0.1, -0.05) is 0 Å². The third-order valence-corrected chi connectivity index (χ3v) is 1.88. The van der Waals surface area contributed by atoms with E-state index < -0.39 is 32.5 Å². The fourth-order valence-corrected chi connectivity index (χ4v) is 1.24. The Morgan fingerprint density at radius 2 is 1.85 bits per heavy atom. The molecule has 1 aromatic rings. The van der Waals surface area contributed by atoms with Gasteiger partial charge in [0.25, 0.3) is 0 Å². The summed E-state index contributed by atoms with van der Waals surface area (Å²) in [4.78, 5) is 9.02. The second kappa shape index (κ2) is 3.33. The minimum Gasteiger partial charge on any atom is -0.258 e. The molecule has 0 aliphatic heterocycles. The predicted molar refractivity (Wildman–Crippen MR) is 40.7 cm³/mol. The number of nitro benzene ring substituents is 1. The van der Waals surface area contributed by atoms with Crippen LogP contribution in [0.15, 0.2) is 10.5 Å². The van der Waals surface area contributed by atoms with Crippen molar-refractivity contribution in [2.75, 3.05) is 0 Å². The molecule has 0 atom stereocenters. The zero-order valence-electron chi connectivity index (χ0n) is 5.85. The first kappa shape index (κ1) is 9.97. The van der Waals surface area contributed by atoms with Crippen molar-refractivity contribution < 1.29 is 18.1 Å². The Kier molecular flexibility index (Phi) is 2.55. The third kappa shape index (κ3) is 1.64. The summed E-state index contributed by atoms with van der Waals surface area (Å²) < 4.78 is 37.1. The largest absolute Gasteiger partial charge is 0.322 e. The molecule has 0 saturated heterocycles. The Balaban J connectivity index is 3.53. The van der Waals surface area contributed by atoms with Gasteiger partial charge in [-0.2, -0.15) is 4.39 Å². The van der Waals surface area contributed by atoms with Crippen LogP contribution in [-0.4, -0.2) is 4.92 Å². The number of hydrogen-bond donors (Lipinski definition) is 0. The molecule has 1 aromatic carbocycles. The summed E-state index contributed by atoms with van der Waals surface area (Å²) in [6.45, 7) is 0. The lowest BCUT2D eigenvalue weighted by molar-refractivity contribution is -0.388. The van der Waals surface area contributed by atoms with Crippen LogP contribution < -0.4 is 0 Å². The van der Waals surface area contributed by atoms with Crippen LogP contribution in [0, 0.1) is 27.6 Å². The monoisotopic (exact) mass is 255 g/mol. The summed E-state index contributed by atoms with van der Waals surface area (Å²) in [5, 5.41) is 10.2. The number of nitro groups is 1. The summed E-state index contributed by atoms with van der Waals surface area (Å²) in [5.74, 6) is -5.14. The highest BCUT2D eigenvalue weighted by Crippen LogP contribution is 2.30. The molecule has 0 N–H and O–H groups in total. The summed E-state index contributed by atoms with van der Waals surface area (Å²) in [6.07, 6.45) is 0. The smallest absolute Gasteiger partial charge is 0.258 e. The molecule has 70 valence electrons. The highest BCUT2D eigenvalue weighted by molar-refractivity contribution is 9.10. The van der Waals surface area contributed by atoms with Crippen LogP contribution in [0.4, 0.5) is 18.9 Å². The fourth-order valence-electron chi connectivity index (χ4n) is 0.724. The van der Waals surface area contributed by atoms with Gasteiger partial charge in [0, 0.05) is 0 Å². The normalized spacial score (nSPS) is 10.2. The zero-order chi connectivity index (χ0) is 10.2. The first-order valence-electron chi connectivity index (χ1n) is 2.92. The summed E-state index contributed by atoms with van der Waals surface area (Å²) >= 11 is 2.54. The number of halogens is 4. The van der Waals surface area contributed by atoms with E-state index in [1.54, 1.807) is 0 Å². The van der Waals surface area contributed by atoms with Gasteiger partial charge in [0.05, 0.1) is 4.92 Å². The Morgan fingerprint density at radius 1 is 1.31 bits per heavy atom. The van der Waals surface area contributed by atoms with Crippen LogP contribution in [0.1, 0.15) is 0 Å². The molecule has 0 aliphatic rings. The Hall–Kier alpha value is -1.11. The van der Waals surface area contributed by atoms with Gasteiger partial charge in [-0.3, -0.25) is 10.1 Å². The van der Waals surface area contributed by atoms with Gasteiger partial charge in [-0.15, -0.1) is 0 Å². The van der Waals surface area contributed by atoms with E-state index >= 15 is 0 Å². The van der Waals surface area contributed by atoms with E-state index in [0.29, 0.717) is 6.07 Å². The van der Waals surface area contributed by atoms with Crippen molar-refractivity contribution in [2.24, 2.45) is 0 Å². The van der Waals surface area contributed by atoms with Gasteiger partial charge < -0.3 is 0 Å². The lowest BCUT2D eigenvalue weighted by Gasteiger charge is -1.98. The average Bonchev–Trinajstić information content (AvgIpc) is 1.99. The molecule has 1 rings (SSSR count). The van der Waals surface area contributed by atoms with Gasteiger partial charge in [0.1, 0.15) is 4.47 Å². The van der Waals surface area contributed by atoms with Crippen LogP contribution in [0.25, 0.3) is 0 Å². The first-order chi connectivity index (χ1) is 5.95. The van der Waals surface area contributed by atoms with Crippen molar-refractivity contribution in [3.63, 3.8) is 0 Å². The SMILES string of the molecule is O=[N+]([O-])c1c(Br)cc(F)c(F)c1F. The van der Waals surface area contributed by atoms with Crippen molar-refractivity contribution in [1.82, 2.24) is 0 Å². The molecular formula is C6HBrF3NO2. The number of rotatable bonds is 1. The highest BCUT2D eigenvalue weighted by Gasteiger charge is 2.25. The Labute approximate surface area is 78.4 Å². The fraction of sp³-hybridized carbons (Fsp3) is 0. The molecule has 0 unspecified atom stereocenters. The van der Waals surface area contributed by atoms with E-state index in [4.69, 9.17) is 0 Å². The van der Waals surface area contributed by atoms with Crippen LogP contribution in [0.2, 0.25) is 0 Å². The van der Waals surface area contributed by atoms with Gasteiger partial charge in [0.15, 0.2) is 5.82 Å². The van der Waals surface area contributed by atoms with E-state index in [1.807, 2.05) is 0 Å². The maximum Gasteiger partial charge on any atom is 0.322 e. The molecule has 0 aromatic heterocycles. The van der Waals surface area contributed by atoms with E-state index in [-0.39, 0.29) is 0 Å². The van der Waals surface area contributed by atoms with Crippen LogP contribution in [0.3, 0.4) is 0 Å². The van der Waals surface area contributed by atoms with Crippen molar-refractivity contribution in [3.05, 3.63) is 38.1 Å². The zero-order valence-corrected chi connectivity index (χ0v) is 7.44. The molecular weight excluding hydrogens is 255 g/mol. The van der Waals surface area contributed by atoms with Crippen LogP contribution in [0.5, 0.6) is 0 Å². The summed E-state index contributed by atoms with van der Waals surface area (Å²) in [5.41, 5.74) is -1.11. The Morgan fingerprint density at radius 3 is 2.31 bits per heavy atom. The topological polar surface area (TPSA) is 43.1 Å². The third-order valence-electron chi connectivity index (χ3n) is 1.27. The summed E-state index contributed by atoms with van der Waals surface area (Å²) in [7, 11) is 0. The average molecular weight is 256 g/mol. The highest BCUT2D eigenvalue weighted by atomic mass is 79.9.